The molecule has 294 valence electrons. The van der Waals surface area contributed by atoms with Gasteiger partial charge in [-0.2, -0.15) is 0 Å². The van der Waals surface area contributed by atoms with Crippen molar-refractivity contribution in [3.05, 3.63) is 83.5 Å². The zero-order valence-electron chi connectivity index (χ0n) is 33.0. The van der Waals surface area contributed by atoms with E-state index in [1.807, 2.05) is 36.6 Å². The Morgan fingerprint density at radius 1 is 0.909 bits per heavy atom. The highest BCUT2D eigenvalue weighted by molar-refractivity contribution is 5.86. The highest BCUT2D eigenvalue weighted by atomic mass is 16.5. The van der Waals surface area contributed by atoms with Crippen molar-refractivity contribution in [1.29, 1.82) is 0 Å². The number of alkyl carbamates (subject to hydrolysis) is 2. The lowest BCUT2D eigenvalue weighted by Gasteiger charge is -2.30. The van der Waals surface area contributed by atoms with Crippen molar-refractivity contribution in [1.82, 2.24) is 35.7 Å². The Balaban J connectivity index is 1.26. The molecule has 13 heteroatoms. The van der Waals surface area contributed by atoms with Gasteiger partial charge in [0.15, 0.2) is 0 Å². The summed E-state index contributed by atoms with van der Waals surface area (Å²) in [5, 5.41) is 8.91. The number of likely N-dealkylation sites (tertiary alicyclic amines) is 2. The number of nitrogens with zero attached hydrogens (tertiary/aromatic N) is 3. The molecule has 0 bridgehead atoms. The van der Waals surface area contributed by atoms with Crippen LogP contribution in [-0.4, -0.2) is 89.7 Å². The summed E-state index contributed by atoms with van der Waals surface area (Å²) < 4.78 is 9.40. The number of imidazole rings is 1. The lowest BCUT2D eigenvalue weighted by molar-refractivity contribution is -0.135. The first-order chi connectivity index (χ1) is 26.5. The van der Waals surface area contributed by atoms with Crippen LogP contribution in [0, 0.1) is 5.92 Å². The van der Waals surface area contributed by atoms with Gasteiger partial charge < -0.3 is 40.2 Å². The summed E-state index contributed by atoms with van der Waals surface area (Å²) in [7, 11) is 2.57. The van der Waals surface area contributed by atoms with E-state index in [1.54, 1.807) is 6.20 Å². The zero-order valence-corrected chi connectivity index (χ0v) is 33.0. The number of hydrogen-bond acceptors (Lipinski definition) is 8. The maximum absolute atomic E-state index is 13.5. The summed E-state index contributed by atoms with van der Waals surface area (Å²) in [5.41, 5.74) is 8.15. The van der Waals surface area contributed by atoms with Gasteiger partial charge in [0, 0.05) is 24.5 Å². The van der Waals surface area contributed by atoms with Gasteiger partial charge in [-0.15, -0.1) is 0 Å². The Kier molecular flexibility index (Phi) is 13.8. The van der Waals surface area contributed by atoms with Crippen LogP contribution in [0.3, 0.4) is 0 Å². The van der Waals surface area contributed by atoms with E-state index in [-0.39, 0.29) is 36.4 Å². The largest absolute Gasteiger partial charge is 0.453 e. The minimum atomic E-state index is -0.686. The van der Waals surface area contributed by atoms with E-state index >= 15 is 0 Å². The summed E-state index contributed by atoms with van der Waals surface area (Å²) in [6, 6.07) is 15.7. The number of carbonyl (C=O) groups excluding carboxylic acids is 4. The van der Waals surface area contributed by atoms with Crippen molar-refractivity contribution in [2.45, 2.75) is 84.8 Å². The van der Waals surface area contributed by atoms with Crippen LogP contribution in [-0.2, 0) is 19.1 Å². The number of methoxy groups -OCH3 is 2. The molecule has 0 spiro atoms. The molecule has 2 saturated heterocycles. The maximum Gasteiger partial charge on any atom is 0.407 e. The van der Waals surface area contributed by atoms with E-state index in [2.05, 4.69) is 93.0 Å². The fourth-order valence-electron chi connectivity index (χ4n) is 7.34. The molecule has 2 aromatic carbocycles. The minimum Gasteiger partial charge on any atom is -0.453 e. The summed E-state index contributed by atoms with van der Waals surface area (Å²) in [6.45, 7) is 11.1. The summed E-state index contributed by atoms with van der Waals surface area (Å²) in [6.07, 6.45) is 6.79. The van der Waals surface area contributed by atoms with Crippen LogP contribution in [0.25, 0.3) is 28.1 Å². The molecule has 4 N–H and O–H groups in total. The third kappa shape index (κ3) is 9.56. The number of hydrogen-bond donors (Lipinski definition) is 4. The fraction of sp³-hybridized carbons (Fsp3) is 0.452. The van der Waals surface area contributed by atoms with Crippen LogP contribution in [0.15, 0.2) is 72.1 Å². The van der Waals surface area contributed by atoms with Crippen molar-refractivity contribution in [3.8, 4) is 22.4 Å². The van der Waals surface area contributed by atoms with Crippen LogP contribution >= 0.6 is 0 Å². The Bertz CT molecular complexity index is 1880. The monoisotopic (exact) mass is 753 g/mol. The Morgan fingerprint density at radius 2 is 1.53 bits per heavy atom. The molecular weight excluding hydrogens is 699 g/mol. The second kappa shape index (κ2) is 18.6. The minimum absolute atomic E-state index is 0.104. The molecule has 0 saturated carbocycles. The first-order valence-electron chi connectivity index (χ1n) is 19.1. The molecule has 2 fully saturated rings. The Morgan fingerprint density at radius 3 is 2.15 bits per heavy atom. The molecule has 5 rings (SSSR count). The average molecular weight is 754 g/mol. The first kappa shape index (κ1) is 40.6. The molecule has 0 aliphatic carbocycles. The number of amides is 4. The molecule has 3 atom stereocenters. The Labute approximate surface area is 323 Å². The Hall–Kier alpha value is -5.59. The lowest BCUT2D eigenvalue weighted by atomic mass is 9.99. The molecule has 2 aliphatic heterocycles. The van der Waals surface area contributed by atoms with E-state index in [0.717, 1.165) is 77.3 Å². The van der Waals surface area contributed by atoms with Gasteiger partial charge in [0.2, 0.25) is 11.8 Å². The van der Waals surface area contributed by atoms with Crippen LogP contribution in [0.1, 0.15) is 84.2 Å². The standard InChI is InChI=1S/C42H55N7O6/c1-8-27(5)38(34-12-10-22-48(34)36(50)25-44-41(52)54-6)45-32(9-2)30-18-14-28(15-19-30)29-16-20-31(21-17-29)33-24-43-39(46-33)35-13-11-23-49(35)40(51)37(26(3)4)47-42(53)55-7/h9,14-21,24,26,34-35,37,45H,8,10-13,22-23,25H2,1-7H3,(H,43,46)(H,44,52)(H,47,53)/b32-9-,38-27?/t34-,35+,37?/m1/s1. The van der Waals surface area contributed by atoms with Gasteiger partial charge in [0.1, 0.15) is 18.4 Å². The van der Waals surface area contributed by atoms with E-state index in [9.17, 15) is 19.2 Å². The molecule has 4 amide bonds. The van der Waals surface area contributed by atoms with Crippen molar-refractivity contribution < 1.29 is 28.7 Å². The lowest BCUT2D eigenvalue weighted by Crippen LogP contribution is -2.51. The average Bonchev–Trinajstić information content (AvgIpc) is 4.01. The molecule has 55 heavy (non-hydrogen) atoms. The highest BCUT2D eigenvalue weighted by Gasteiger charge is 2.37. The smallest absolute Gasteiger partial charge is 0.407 e. The number of ether oxygens (including phenoxy) is 2. The predicted octanol–water partition coefficient (Wildman–Crippen LogP) is 6.77. The molecule has 13 nitrogen and oxygen atoms in total. The summed E-state index contributed by atoms with van der Waals surface area (Å²) in [4.78, 5) is 62.0. The summed E-state index contributed by atoms with van der Waals surface area (Å²) >= 11 is 0. The van der Waals surface area contributed by atoms with Crippen LogP contribution in [0.2, 0.25) is 0 Å². The van der Waals surface area contributed by atoms with Crippen LogP contribution in [0.4, 0.5) is 9.59 Å². The number of allylic oxidation sites excluding steroid dienone is 2. The van der Waals surface area contributed by atoms with Gasteiger partial charge >= 0.3 is 12.2 Å². The third-order valence-electron chi connectivity index (χ3n) is 10.6. The normalized spacial score (nSPS) is 18.1. The predicted molar refractivity (Wildman–Crippen MR) is 212 cm³/mol. The van der Waals surface area contributed by atoms with Crippen LogP contribution in [0.5, 0.6) is 0 Å². The third-order valence-corrected chi connectivity index (χ3v) is 10.6. The quantitative estimate of drug-likeness (QED) is 0.149. The molecular formula is C42H55N7O6. The number of benzene rings is 2. The molecule has 3 heterocycles. The number of rotatable bonds is 13. The number of nitrogens with one attached hydrogen (secondary N) is 4. The van der Waals surface area contributed by atoms with E-state index in [0.29, 0.717) is 13.1 Å². The number of carbonyl (C=O) groups is 4. The van der Waals surface area contributed by atoms with Crippen LogP contribution < -0.4 is 16.0 Å². The van der Waals surface area contributed by atoms with Gasteiger partial charge in [-0.3, -0.25) is 9.59 Å². The second-order valence-electron chi connectivity index (χ2n) is 14.3. The molecule has 0 radical (unpaired) electrons. The van der Waals surface area contributed by atoms with Gasteiger partial charge in [-0.25, -0.2) is 14.6 Å². The summed E-state index contributed by atoms with van der Waals surface area (Å²) in [5.74, 6) is 0.345. The van der Waals surface area contributed by atoms with Gasteiger partial charge in [0.25, 0.3) is 0 Å². The second-order valence-corrected chi connectivity index (χ2v) is 14.3. The SMILES string of the molecule is C/C=C(\NC(=C(C)CC)[C@H]1CCCN1C(=O)CNC(=O)OC)c1ccc(-c2ccc(-c3cnc([C@@H]4CCCN4C(=O)C(NC(=O)OC)C(C)C)[nH]3)cc2)cc1. The molecule has 2 aliphatic rings. The van der Waals surface area contributed by atoms with Gasteiger partial charge in [0.05, 0.1) is 38.2 Å². The fourth-order valence-corrected chi connectivity index (χ4v) is 7.34. The van der Waals surface area contributed by atoms with E-state index in [1.165, 1.54) is 19.8 Å². The number of H-pyrrole nitrogens is 1. The van der Waals surface area contributed by atoms with Crippen molar-refractivity contribution in [2.75, 3.05) is 33.9 Å². The van der Waals surface area contributed by atoms with Crippen molar-refractivity contribution >= 4 is 29.7 Å². The van der Waals surface area contributed by atoms with Crippen molar-refractivity contribution in [2.24, 2.45) is 5.92 Å². The molecule has 1 aromatic heterocycles. The molecule has 3 aromatic rings. The van der Waals surface area contributed by atoms with E-state index in [4.69, 9.17) is 4.74 Å². The van der Waals surface area contributed by atoms with E-state index < -0.39 is 18.2 Å². The van der Waals surface area contributed by atoms with Gasteiger partial charge in [-0.05, 0) is 74.1 Å². The topological polar surface area (TPSA) is 158 Å². The maximum atomic E-state index is 13.5. The van der Waals surface area contributed by atoms with Gasteiger partial charge in [-0.1, -0.05) is 81.0 Å². The molecule has 1 unspecified atom stereocenters. The van der Waals surface area contributed by atoms with Crippen molar-refractivity contribution in [3.63, 3.8) is 0 Å². The highest BCUT2D eigenvalue weighted by Crippen LogP contribution is 2.34. The zero-order chi connectivity index (χ0) is 39.6. The number of aromatic nitrogens is 2. The first-order valence-corrected chi connectivity index (χ1v) is 19.1. The number of aromatic amines is 1.